The first-order chi connectivity index (χ1) is 5.13. The van der Waals surface area contributed by atoms with Crippen LogP contribution in [0.15, 0.2) is 18.2 Å². The van der Waals surface area contributed by atoms with Gasteiger partial charge in [-0.2, -0.15) is 0 Å². The van der Waals surface area contributed by atoms with Gasteiger partial charge in [-0.25, -0.2) is 8.78 Å². The van der Waals surface area contributed by atoms with E-state index in [1.54, 1.807) is 0 Å². The van der Waals surface area contributed by atoms with Crippen LogP contribution in [0.25, 0.3) is 0 Å². The van der Waals surface area contributed by atoms with Crippen molar-refractivity contribution in [2.24, 2.45) is 0 Å². The van der Waals surface area contributed by atoms with Crippen LogP contribution in [0.5, 0.6) is 0 Å². The van der Waals surface area contributed by atoms with Crippen LogP contribution in [-0.2, 0) is 0 Å². The van der Waals surface area contributed by atoms with E-state index in [4.69, 9.17) is 0 Å². The summed E-state index contributed by atoms with van der Waals surface area (Å²) in [5.41, 5.74) is -0.759. The van der Waals surface area contributed by atoms with Crippen LogP contribution in [0.1, 0.15) is 10.4 Å². The van der Waals surface area contributed by atoms with Gasteiger partial charge < -0.3 is 9.90 Å². The number of rotatable bonds is 1. The minimum absolute atomic E-state index is 0. The van der Waals surface area contributed by atoms with Crippen molar-refractivity contribution in [3.8, 4) is 0 Å². The Kier molecular flexibility index (Phi) is 4.37. The molecule has 0 aliphatic heterocycles. The zero-order chi connectivity index (χ0) is 8.43. The summed E-state index contributed by atoms with van der Waals surface area (Å²) < 4.78 is 24.7. The third-order valence-electron chi connectivity index (χ3n) is 1.17. The summed E-state index contributed by atoms with van der Waals surface area (Å²) in [5, 5.41) is 10.1. The minimum Gasteiger partial charge on any atom is -0.545 e. The Morgan fingerprint density at radius 2 is 1.92 bits per heavy atom. The number of hydrogen-bond donors (Lipinski definition) is 0. The fourth-order valence-corrected chi connectivity index (χ4v) is 0.661. The number of aromatic carboxylic acids is 1. The van der Waals surface area contributed by atoms with E-state index < -0.39 is 23.2 Å². The number of carboxylic acids is 1. The summed E-state index contributed by atoms with van der Waals surface area (Å²) >= 11 is 0. The normalized spacial score (nSPS) is 8.83. The van der Waals surface area contributed by atoms with Crippen LogP contribution in [-0.4, -0.2) is 5.97 Å². The fourth-order valence-electron chi connectivity index (χ4n) is 0.661. The third kappa shape index (κ3) is 2.27. The number of halogens is 2. The van der Waals surface area contributed by atoms with Gasteiger partial charge in [0.1, 0.15) is 0 Å². The molecule has 0 aliphatic carbocycles. The molecule has 0 unspecified atom stereocenters. The second-order valence-electron chi connectivity index (χ2n) is 1.89. The molecule has 2 nitrogen and oxygen atoms in total. The summed E-state index contributed by atoms with van der Waals surface area (Å²) in [4.78, 5) is 10.1. The molecule has 1 aromatic rings. The van der Waals surface area contributed by atoms with E-state index in [1.165, 1.54) is 0 Å². The average molecular weight is 180 g/mol. The van der Waals surface area contributed by atoms with E-state index in [0.29, 0.717) is 0 Å². The van der Waals surface area contributed by atoms with Crippen LogP contribution in [0.3, 0.4) is 0 Å². The van der Waals surface area contributed by atoms with Crippen molar-refractivity contribution < 1.29 is 48.2 Å². The van der Waals surface area contributed by atoms with Gasteiger partial charge in [0, 0.05) is 5.56 Å². The molecule has 0 heterocycles. The Morgan fingerprint density at radius 1 is 1.33 bits per heavy atom. The molecule has 0 N–H and O–H groups in total. The van der Waals surface area contributed by atoms with Gasteiger partial charge >= 0.3 is 29.6 Å². The third-order valence-corrected chi connectivity index (χ3v) is 1.17. The number of hydrogen-bond acceptors (Lipinski definition) is 2. The molecule has 1 aromatic carbocycles. The van der Waals surface area contributed by atoms with E-state index in [1.807, 2.05) is 0 Å². The Labute approximate surface area is 89.5 Å². The first kappa shape index (κ1) is 11.5. The molecule has 5 heteroatoms. The second-order valence-corrected chi connectivity index (χ2v) is 1.89. The molecule has 0 radical (unpaired) electrons. The van der Waals surface area contributed by atoms with Crippen molar-refractivity contribution in [3.05, 3.63) is 35.4 Å². The molecular formula is C7H3F2NaO2. The van der Waals surface area contributed by atoms with E-state index in [0.717, 1.165) is 18.2 Å². The topological polar surface area (TPSA) is 40.1 Å². The van der Waals surface area contributed by atoms with Crippen LogP contribution in [0, 0.1) is 11.6 Å². The molecule has 0 atom stereocenters. The van der Waals surface area contributed by atoms with Crippen molar-refractivity contribution in [1.82, 2.24) is 0 Å². The van der Waals surface area contributed by atoms with Gasteiger partial charge in [-0.3, -0.25) is 0 Å². The maximum absolute atomic E-state index is 12.5. The zero-order valence-corrected chi connectivity index (χ0v) is 8.30. The van der Waals surface area contributed by atoms with Crippen LogP contribution in [0.4, 0.5) is 8.78 Å². The Balaban J connectivity index is 0.00000121. The molecule has 0 fully saturated rings. The van der Waals surface area contributed by atoms with Crippen molar-refractivity contribution >= 4 is 5.97 Å². The zero-order valence-electron chi connectivity index (χ0n) is 6.30. The molecule has 0 aromatic heterocycles. The summed E-state index contributed by atoms with van der Waals surface area (Å²) in [6.07, 6.45) is 0. The summed E-state index contributed by atoms with van der Waals surface area (Å²) in [6, 6.07) is 2.87. The van der Waals surface area contributed by atoms with Crippen molar-refractivity contribution in [1.29, 1.82) is 0 Å². The van der Waals surface area contributed by atoms with E-state index in [9.17, 15) is 18.7 Å². The molecule has 0 saturated carbocycles. The average Bonchev–Trinajstić information content (AvgIpc) is 1.94. The number of benzene rings is 1. The van der Waals surface area contributed by atoms with E-state index in [-0.39, 0.29) is 29.6 Å². The van der Waals surface area contributed by atoms with Gasteiger partial charge in [0.15, 0.2) is 11.6 Å². The Bertz CT molecular complexity index is 301. The van der Waals surface area contributed by atoms with Crippen LogP contribution in [0.2, 0.25) is 0 Å². The molecular weight excluding hydrogens is 177 g/mol. The quantitative estimate of drug-likeness (QED) is 0.442. The van der Waals surface area contributed by atoms with Gasteiger partial charge in [-0.15, -0.1) is 0 Å². The number of carbonyl (C=O) groups is 1. The molecule has 58 valence electrons. The summed E-state index contributed by atoms with van der Waals surface area (Å²) in [5.74, 6) is -4.29. The maximum atomic E-state index is 12.5. The van der Waals surface area contributed by atoms with Crippen molar-refractivity contribution in [2.75, 3.05) is 0 Å². The predicted molar refractivity (Wildman–Crippen MR) is 30.7 cm³/mol. The van der Waals surface area contributed by atoms with Crippen LogP contribution < -0.4 is 34.7 Å². The molecule has 0 bridgehead atoms. The standard InChI is InChI=1S/C7H4F2O2.Na/c8-5-3-1-2-4(6(5)9)7(10)11;/h1-3H,(H,10,11);/q;+1/p-1. The first-order valence-corrected chi connectivity index (χ1v) is 2.78. The molecule has 0 amide bonds. The van der Waals surface area contributed by atoms with Crippen LogP contribution >= 0.6 is 0 Å². The Morgan fingerprint density at radius 3 is 2.33 bits per heavy atom. The monoisotopic (exact) mass is 180 g/mol. The summed E-state index contributed by atoms with van der Waals surface area (Å²) in [7, 11) is 0. The van der Waals surface area contributed by atoms with Gasteiger partial charge in [0.2, 0.25) is 0 Å². The van der Waals surface area contributed by atoms with Gasteiger partial charge in [-0.1, -0.05) is 6.07 Å². The molecule has 0 aliphatic rings. The van der Waals surface area contributed by atoms with E-state index in [2.05, 4.69) is 0 Å². The van der Waals surface area contributed by atoms with Gasteiger partial charge in [-0.05, 0) is 12.1 Å². The fraction of sp³-hybridized carbons (Fsp3) is 0. The SMILES string of the molecule is O=C([O-])c1cccc(F)c1F.[Na+]. The molecule has 1 rings (SSSR count). The smallest absolute Gasteiger partial charge is 0.545 e. The van der Waals surface area contributed by atoms with Crippen molar-refractivity contribution in [3.63, 3.8) is 0 Å². The van der Waals surface area contributed by atoms with Gasteiger partial charge in [0.05, 0.1) is 5.97 Å². The maximum Gasteiger partial charge on any atom is 1.00 e. The van der Waals surface area contributed by atoms with Crippen molar-refractivity contribution in [2.45, 2.75) is 0 Å². The largest absolute Gasteiger partial charge is 1.00 e. The Hall–Kier alpha value is -0.450. The molecule has 0 spiro atoms. The molecule has 12 heavy (non-hydrogen) atoms. The number of carbonyl (C=O) groups excluding carboxylic acids is 1. The second kappa shape index (κ2) is 4.54. The molecule has 0 saturated heterocycles. The first-order valence-electron chi connectivity index (χ1n) is 2.78. The summed E-state index contributed by atoms with van der Waals surface area (Å²) in [6.45, 7) is 0. The number of carboxylic acid groups (broad SMARTS) is 1. The van der Waals surface area contributed by atoms with E-state index >= 15 is 0 Å². The van der Waals surface area contributed by atoms with Gasteiger partial charge in [0.25, 0.3) is 0 Å². The minimum atomic E-state index is -1.72. The predicted octanol–water partition coefficient (Wildman–Crippen LogP) is -2.67.